The summed E-state index contributed by atoms with van der Waals surface area (Å²) >= 11 is 12.1. The minimum Gasteiger partial charge on any atom is -0.456 e. The van der Waals surface area contributed by atoms with E-state index in [1.54, 1.807) is 12.1 Å². The summed E-state index contributed by atoms with van der Waals surface area (Å²) in [5, 5.41) is 4.19. The van der Waals surface area contributed by atoms with E-state index in [9.17, 15) is 0 Å². The molecule has 0 saturated carbocycles. The molecule has 0 radical (unpaired) electrons. The number of ether oxygens (including phenoxy) is 1. The van der Waals surface area contributed by atoms with Crippen LogP contribution in [-0.4, -0.2) is 7.05 Å². The third kappa shape index (κ3) is 3.45. The average Bonchev–Trinajstić information content (AvgIpc) is 2.47. The van der Waals surface area contributed by atoms with Crippen LogP contribution in [0.2, 0.25) is 10.0 Å². The van der Waals surface area contributed by atoms with Crippen molar-refractivity contribution in [1.82, 2.24) is 5.32 Å². The molecule has 1 N–H and O–H groups in total. The van der Waals surface area contributed by atoms with E-state index in [1.807, 2.05) is 25.2 Å². The first-order valence-corrected chi connectivity index (χ1v) is 7.30. The summed E-state index contributed by atoms with van der Waals surface area (Å²) in [6.07, 6.45) is 1.04. The van der Waals surface area contributed by atoms with Crippen molar-refractivity contribution in [3.63, 3.8) is 0 Å². The summed E-state index contributed by atoms with van der Waals surface area (Å²) in [5.74, 6) is 1.30. The molecule has 1 atom stereocenters. The summed E-state index contributed by atoms with van der Waals surface area (Å²) in [7, 11) is 1.96. The van der Waals surface area contributed by atoms with Crippen LogP contribution >= 0.6 is 23.2 Å². The standard InChI is InChI=1S/C16H17Cl2NO/c1-3-14(19-2)11-7-9-12(10-8-11)20-15-6-4-5-13(17)16(15)18/h4-10,14,19H,3H2,1-2H3. The van der Waals surface area contributed by atoms with Gasteiger partial charge in [0, 0.05) is 6.04 Å². The lowest BCUT2D eigenvalue weighted by atomic mass is 10.0. The molecule has 0 aliphatic rings. The van der Waals surface area contributed by atoms with Gasteiger partial charge in [0.2, 0.25) is 0 Å². The van der Waals surface area contributed by atoms with Crippen LogP contribution in [0.25, 0.3) is 0 Å². The third-order valence-corrected chi connectivity index (χ3v) is 3.98. The minimum absolute atomic E-state index is 0.360. The Morgan fingerprint density at radius 2 is 1.80 bits per heavy atom. The van der Waals surface area contributed by atoms with Gasteiger partial charge in [-0.15, -0.1) is 0 Å². The lowest BCUT2D eigenvalue weighted by Crippen LogP contribution is -2.14. The third-order valence-electron chi connectivity index (χ3n) is 3.18. The quantitative estimate of drug-likeness (QED) is 0.792. The normalized spacial score (nSPS) is 12.2. The monoisotopic (exact) mass is 309 g/mol. The molecule has 2 aromatic carbocycles. The first-order valence-electron chi connectivity index (χ1n) is 6.54. The Morgan fingerprint density at radius 3 is 2.40 bits per heavy atom. The Balaban J connectivity index is 2.17. The van der Waals surface area contributed by atoms with Crippen LogP contribution in [0, 0.1) is 0 Å². The Bertz CT molecular complexity index is 565. The van der Waals surface area contributed by atoms with E-state index in [0.717, 1.165) is 12.2 Å². The van der Waals surface area contributed by atoms with E-state index in [2.05, 4.69) is 24.4 Å². The number of benzene rings is 2. The zero-order valence-electron chi connectivity index (χ0n) is 11.5. The fourth-order valence-corrected chi connectivity index (χ4v) is 2.39. The Labute approximate surface area is 129 Å². The van der Waals surface area contributed by atoms with Crippen LogP contribution in [0.5, 0.6) is 11.5 Å². The van der Waals surface area contributed by atoms with Crippen molar-refractivity contribution in [3.05, 3.63) is 58.1 Å². The Morgan fingerprint density at radius 1 is 1.10 bits per heavy atom. The molecule has 2 nitrogen and oxygen atoms in total. The Kier molecular flexibility index (Phi) is 5.30. The molecule has 0 heterocycles. The van der Waals surface area contributed by atoms with E-state index in [1.165, 1.54) is 5.56 Å². The number of hydrogen-bond acceptors (Lipinski definition) is 2. The molecule has 0 spiro atoms. The molecule has 0 aromatic heterocycles. The van der Waals surface area contributed by atoms with Gasteiger partial charge in [0.25, 0.3) is 0 Å². The zero-order valence-corrected chi connectivity index (χ0v) is 13.0. The van der Waals surface area contributed by atoms with Gasteiger partial charge < -0.3 is 10.1 Å². The molecule has 0 aliphatic heterocycles. The predicted molar refractivity (Wildman–Crippen MR) is 85.1 cm³/mol. The molecule has 106 valence electrons. The van der Waals surface area contributed by atoms with Crippen LogP contribution in [0.4, 0.5) is 0 Å². The summed E-state index contributed by atoms with van der Waals surface area (Å²) in [5.41, 5.74) is 1.24. The fraction of sp³-hybridized carbons (Fsp3) is 0.250. The van der Waals surface area contributed by atoms with Gasteiger partial charge >= 0.3 is 0 Å². The van der Waals surface area contributed by atoms with Crippen molar-refractivity contribution in [2.24, 2.45) is 0 Å². The highest BCUT2D eigenvalue weighted by atomic mass is 35.5. The maximum atomic E-state index is 6.10. The maximum absolute atomic E-state index is 6.10. The highest BCUT2D eigenvalue weighted by Gasteiger charge is 2.08. The van der Waals surface area contributed by atoms with Gasteiger partial charge in [-0.2, -0.15) is 0 Å². The van der Waals surface area contributed by atoms with Gasteiger partial charge in [-0.25, -0.2) is 0 Å². The fourth-order valence-electron chi connectivity index (χ4n) is 2.06. The van der Waals surface area contributed by atoms with E-state index >= 15 is 0 Å². The van der Waals surface area contributed by atoms with Gasteiger partial charge in [-0.3, -0.25) is 0 Å². The van der Waals surface area contributed by atoms with E-state index in [4.69, 9.17) is 27.9 Å². The van der Waals surface area contributed by atoms with Crippen LogP contribution in [0.15, 0.2) is 42.5 Å². The van der Waals surface area contributed by atoms with E-state index in [0.29, 0.717) is 21.8 Å². The van der Waals surface area contributed by atoms with Crippen LogP contribution < -0.4 is 10.1 Å². The molecule has 20 heavy (non-hydrogen) atoms. The topological polar surface area (TPSA) is 21.3 Å². The summed E-state index contributed by atoms with van der Waals surface area (Å²) in [6, 6.07) is 13.7. The lowest BCUT2D eigenvalue weighted by Gasteiger charge is -2.15. The maximum Gasteiger partial charge on any atom is 0.147 e. The smallest absolute Gasteiger partial charge is 0.147 e. The number of halogens is 2. The van der Waals surface area contributed by atoms with Crippen molar-refractivity contribution in [3.8, 4) is 11.5 Å². The van der Waals surface area contributed by atoms with E-state index < -0.39 is 0 Å². The second kappa shape index (κ2) is 6.98. The van der Waals surface area contributed by atoms with Crippen molar-refractivity contribution in [1.29, 1.82) is 0 Å². The van der Waals surface area contributed by atoms with Crippen LogP contribution in [-0.2, 0) is 0 Å². The highest BCUT2D eigenvalue weighted by Crippen LogP contribution is 2.34. The van der Waals surface area contributed by atoms with Crippen LogP contribution in [0.3, 0.4) is 0 Å². The molecule has 2 aromatic rings. The summed E-state index contributed by atoms with van der Waals surface area (Å²) in [6.45, 7) is 2.15. The first kappa shape index (κ1) is 15.2. The summed E-state index contributed by atoms with van der Waals surface area (Å²) in [4.78, 5) is 0. The minimum atomic E-state index is 0.360. The van der Waals surface area contributed by atoms with Crippen molar-refractivity contribution in [2.45, 2.75) is 19.4 Å². The molecule has 0 aliphatic carbocycles. The number of rotatable bonds is 5. The van der Waals surface area contributed by atoms with Gasteiger partial charge in [-0.1, -0.05) is 48.3 Å². The second-order valence-electron chi connectivity index (χ2n) is 4.47. The zero-order chi connectivity index (χ0) is 14.5. The molecule has 0 fully saturated rings. The number of nitrogens with one attached hydrogen (secondary N) is 1. The van der Waals surface area contributed by atoms with E-state index in [-0.39, 0.29) is 0 Å². The van der Waals surface area contributed by atoms with Gasteiger partial charge in [0.05, 0.1) is 5.02 Å². The highest BCUT2D eigenvalue weighted by molar-refractivity contribution is 6.42. The Hall–Kier alpha value is -1.22. The predicted octanol–water partition coefficient (Wildman–Crippen LogP) is 5.46. The summed E-state index contributed by atoms with van der Waals surface area (Å²) < 4.78 is 5.76. The molecule has 0 bridgehead atoms. The first-order chi connectivity index (χ1) is 9.65. The largest absolute Gasteiger partial charge is 0.456 e. The van der Waals surface area contributed by atoms with Gasteiger partial charge in [-0.05, 0) is 43.3 Å². The van der Waals surface area contributed by atoms with Crippen LogP contribution in [0.1, 0.15) is 24.9 Å². The van der Waals surface area contributed by atoms with Crippen molar-refractivity contribution in [2.75, 3.05) is 7.05 Å². The average molecular weight is 310 g/mol. The van der Waals surface area contributed by atoms with Gasteiger partial charge in [0.15, 0.2) is 0 Å². The molecule has 0 saturated heterocycles. The SMILES string of the molecule is CCC(NC)c1ccc(Oc2cccc(Cl)c2Cl)cc1. The van der Waals surface area contributed by atoms with Crippen molar-refractivity contribution >= 4 is 23.2 Å². The molecule has 4 heteroatoms. The second-order valence-corrected chi connectivity index (χ2v) is 5.26. The molecule has 2 rings (SSSR count). The van der Waals surface area contributed by atoms with Crippen molar-refractivity contribution < 1.29 is 4.74 Å². The van der Waals surface area contributed by atoms with Gasteiger partial charge in [0.1, 0.15) is 16.5 Å². The molecule has 0 amide bonds. The molecular weight excluding hydrogens is 293 g/mol. The molecule has 1 unspecified atom stereocenters. The molecular formula is C16H17Cl2NO. The number of hydrogen-bond donors (Lipinski definition) is 1. The lowest BCUT2D eigenvalue weighted by molar-refractivity contribution is 0.482.